The van der Waals surface area contributed by atoms with Crippen LogP contribution in [0.2, 0.25) is 0 Å². The Balaban J connectivity index is 1.43. The second-order valence-electron chi connectivity index (χ2n) is 4.40. The number of aromatic nitrogens is 5. The van der Waals surface area contributed by atoms with E-state index in [4.69, 9.17) is 13.4 Å². The van der Waals surface area contributed by atoms with Crippen molar-refractivity contribution in [1.82, 2.24) is 25.3 Å². The fraction of sp³-hybridized carbons (Fsp3) is 0.0714. The maximum Gasteiger partial charge on any atom is 0.293 e. The van der Waals surface area contributed by atoms with Gasteiger partial charge in [-0.15, -0.1) is 10.2 Å². The second-order valence-corrected chi connectivity index (χ2v) is 5.32. The van der Waals surface area contributed by atoms with Crippen LogP contribution in [-0.4, -0.2) is 25.3 Å². The van der Waals surface area contributed by atoms with Gasteiger partial charge in [0.25, 0.3) is 11.1 Å². The van der Waals surface area contributed by atoms with E-state index < -0.39 is 0 Å². The van der Waals surface area contributed by atoms with Crippen LogP contribution in [0.4, 0.5) is 0 Å². The van der Waals surface area contributed by atoms with Crippen LogP contribution >= 0.6 is 11.8 Å². The van der Waals surface area contributed by atoms with Crippen LogP contribution in [0.1, 0.15) is 5.82 Å². The average Bonchev–Trinajstić information content (AvgIpc) is 3.33. The summed E-state index contributed by atoms with van der Waals surface area (Å²) in [4.78, 5) is 8.26. The molecule has 4 rings (SSSR count). The van der Waals surface area contributed by atoms with Crippen LogP contribution in [0.25, 0.3) is 23.1 Å². The molecular weight excluding hydrogens is 318 g/mol. The van der Waals surface area contributed by atoms with Crippen LogP contribution in [0, 0.1) is 0 Å². The Morgan fingerprint density at radius 2 is 2.09 bits per heavy atom. The molecule has 0 fully saturated rings. The molecule has 114 valence electrons. The number of hydrogen-bond donors (Lipinski definition) is 0. The van der Waals surface area contributed by atoms with E-state index in [1.165, 1.54) is 11.8 Å². The molecular formula is C14H9N5O3S. The molecule has 0 aliphatic heterocycles. The van der Waals surface area contributed by atoms with Gasteiger partial charge < -0.3 is 13.4 Å². The van der Waals surface area contributed by atoms with Gasteiger partial charge >= 0.3 is 0 Å². The van der Waals surface area contributed by atoms with Crippen molar-refractivity contribution in [2.75, 3.05) is 0 Å². The van der Waals surface area contributed by atoms with Gasteiger partial charge in [-0.05, 0) is 24.3 Å². The molecule has 4 aromatic heterocycles. The average molecular weight is 327 g/mol. The van der Waals surface area contributed by atoms with Gasteiger partial charge in [0.1, 0.15) is 0 Å². The molecule has 9 heteroatoms. The quantitative estimate of drug-likeness (QED) is 0.511. The molecule has 8 nitrogen and oxygen atoms in total. The molecule has 0 N–H and O–H groups in total. The van der Waals surface area contributed by atoms with Gasteiger partial charge in [-0.1, -0.05) is 16.9 Å². The minimum absolute atomic E-state index is 0.340. The van der Waals surface area contributed by atoms with Gasteiger partial charge in [0, 0.05) is 12.4 Å². The van der Waals surface area contributed by atoms with E-state index in [-0.39, 0.29) is 0 Å². The first-order valence-corrected chi connectivity index (χ1v) is 7.60. The maximum absolute atomic E-state index is 5.57. The second kappa shape index (κ2) is 6.05. The summed E-state index contributed by atoms with van der Waals surface area (Å²) < 4.78 is 15.9. The molecule has 0 radical (unpaired) electrons. The van der Waals surface area contributed by atoms with Crippen LogP contribution < -0.4 is 0 Å². The molecule has 4 heterocycles. The first kappa shape index (κ1) is 13.7. The number of pyridine rings is 1. The lowest BCUT2D eigenvalue weighted by Crippen LogP contribution is -1.84. The van der Waals surface area contributed by atoms with Gasteiger partial charge in [0.05, 0.1) is 17.6 Å². The third kappa shape index (κ3) is 2.99. The predicted molar refractivity (Wildman–Crippen MR) is 79.1 cm³/mol. The zero-order valence-corrected chi connectivity index (χ0v) is 12.4. The predicted octanol–water partition coefficient (Wildman–Crippen LogP) is 3.07. The minimum atomic E-state index is 0.340. The van der Waals surface area contributed by atoms with Gasteiger partial charge in [-0.25, -0.2) is 0 Å². The highest BCUT2D eigenvalue weighted by atomic mass is 32.2. The van der Waals surface area contributed by atoms with Crippen LogP contribution in [0.3, 0.4) is 0 Å². The van der Waals surface area contributed by atoms with Crippen molar-refractivity contribution in [2.24, 2.45) is 0 Å². The highest BCUT2D eigenvalue weighted by Crippen LogP contribution is 2.25. The Kier molecular flexibility index (Phi) is 3.60. The molecule has 0 aliphatic carbocycles. The van der Waals surface area contributed by atoms with Crippen molar-refractivity contribution in [1.29, 1.82) is 0 Å². The Morgan fingerprint density at radius 3 is 2.91 bits per heavy atom. The Labute approximate surface area is 133 Å². The van der Waals surface area contributed by atoms with Gasteiger partial charge in [-0.2, -0.15) is 4.98 Å². The first-order chi connectivity index (χ1) is 11.4. The van der Waals surface area contributed by atoms with E-state index in [2.05, 4.69) is 25.3 Å². The van der Waals surface area contributed by atoms with Crippen molar-refractivity contribution >= 4 is 11.8 Å². The first-order valence-electron chi connectivity index (χ1n) is 6.61. The lowest BCUT2D eigenvalue weighted by Gasteiger charge is -1.92. The highest BCUT2D eigenvalue weighted by molar-refractivity contribution is 7.98. The standard InChI is InChI=1S/C14H9N5O3S/c1-3-9(7-15-5-1)12-17-18-14(21-12)23-8-11-16-13(22-19-11)10-4-2-6-20-10/h1-7H,8H2. The van der Waals surface area contributed by atoms with Crippen molar-refractivity contribution in [3.63, 3.8) is 0 Å². The van der Waals surface area contributed by atoms with E-state index in [0.717, 1.165) is 5.56 Å². The molecule has 0 aromatic carbocycles. The summed E-state index contributed by atoms with van der Waals surface area (Å²) in [5.41, 5.74) is 0.770. The molecule has 0 bridgehead atoms. The molecule has 0 amide bonds. The lowest BCUT2D eigenvalue weighted by molar-refractivity contribution is 0.411. The zero-order valence-electron chi connectivity index (χ0n) is 11.6. The number of furan rings is 1. The van der Waals surface area contributed by atoms with E-state index in [1.54, 1.807) is 30.8 Å². The Hall–Kier alpha value is -2.94. The molecule has 0 atom stereocenters. The van der Waals surface area contributed by atoms with E-state index >= 15 is 0 Å². The monoisotopic (exact) mass is 327 g/mol. The van der Waals surface area contributed by atoms with Crippen LogP contribution in [0.5, 0.6) is 0 Å². The Morgan fingerprint density at radius 1 is 1.09 bits per heavy atom. The topological polar surface area (TPSA) is 104 Å². The lowest BCUT2D eigenvalue weighted by atomic mass is 10.3. The SMILES string of the molecule is c1cncc(-c2nnc(SCc3noc(-c4ccco4)n3)o2)c1. The van der Waals surface area contributed by atoms with Gasteiger partial charge in [0.15, 0.2) is 11.6 Å². The fourth-order valence-electron chi connectivity index (χ4n) is 1.81. The third-order valence-electron chi connectivity index (χ3n) is 2.84. The fourth-order valence-corrected chi connectivity index (χ4v) is 2.42. The van der Waals surface area contributed by atoms with E-state index in [9.17, 15) is 0 Å². The van der Waals surface area contributed by atoms with Gasteiger partial charge in [0.2, 0.25) is 5.89 Å². The Bertz CT molecular complexity index is 888. The normalized spacial score (nSPS) is 11.0. The number of hydrogen-bond acceptors (Lipinski definition) is 9. The number of nitrogens with zero attached hydrogens (tertiary/aromatic N) is 5. The third-order valence-corrected chi connectivity index (χ3v) is 3.65. The molecule has 0 unspecified atom stereocenters. The molecule has 0 aliphatic rings. The summed E-state index contributed by atoms with van der Waals surface area (Å²) in [6.45, 7) is 0. The van der Waals surface area contributed by atoms with Crippen LogP contribution in [-0.2, 0) is 5.75 Å². The number of thioether (sulfide) groups is 1. The summed E-state index contributed by atoms with van der Waals surface area (Å²) in [7, 11) is 0. The van der Waals surface area contributed by atoms with E-state index in [0.29, 0.717) is 34.3 Å². The van der Waals surface area contributed by atoms with Crippen molar-refractivity contribution in [3.05, 3.63) is 48.7 Å². The van der Waals surface area contributed by atoms with Crippen molar-refractivity contribution in [2.45, 2.75) is 11.0 Å². The highest BCUT2D eigenvalue weighted by Gasteiger charge is 2.14. The molecule has 4 aromatic rings. The van der Waals surface area contributed by atoms with Crippen molar-refractivity contribution < 1.29 is 13.4 Å². The zero-order chi connectivity index (χ0) is 15.5. The molecule has 23 heavy (non-hydrogen) atoms. The van der Waals surface area contributed by atoms with Gasteiger partial charge in [-0.3, -0.25) is 4.98 Å². The van der Waals surface area contributed by atoms with Crippen molar-refractivity contribution in [3.8, 4) is 23.1 Å². The summed E-state index contributed by atoms with van der Waals surface area (Å²) in [6, 6.07) is 7.17. The van der Waals surface area contributed by atoms with Crippen LogP contribution in [0.15, 0.2) is 61.5 Å². The smallest absolute Gasteiger partial charge is 0.293 e. The minimum Gasteiger partial charge on any atom is -0.459 e. The largest absolute Gasteiger partial charge is 0.459 e. The molecule has 0 saturated heterocycles. The molecule has 0 saturated carbocycles. The summed E-state index contributed by atoms with van der Waals surface area (Å²) >= 11 is 1.32. The van der Waals surface area contributed by atoms with E-state index in [1.807, 2.05) is 12.1 Å². The maximum atomic E-state index is 5.57. The molecule has 0 spiro atoms. The summed E-state index contributed by atoms with van der Waals surface area (Å²) in [5.74, 6) is 2.25. The summed E-state index contributed by atoms with van der Waals surface area (Å²) in [5, 5.41) is 12.3. The number of rotatable bonds is 5. The summed E-state index contributed by atoms with van der Waals surface area (Å²) in [6.07, 6.45) is 4.89.